The molecule has 0 saturated heterocycles. The summed E-state index contributed by atoms with van der Waals surface area (Å²) < 4.78 is 70.5. The van der Waals surface area contributed by atoms with E-state index in [0.29, 0.717) is 16.7 Å². The van der Waals surface area contributed by atoms with E-state index in [9.17, 15) is 21.6 Å². The summed E-state index contributed by atoms with van der Waals surface area (Å²) in [5.41, 5.74) is 2.01. The highest BCUT2D eigenvalue weighted by atomic mass is 32.2. The molecule has 0 saturated carbocycles. The van der Waals surface area contributed by atoms with Gasteiger partial charge in [-0.2, -0.15) is 0 Å². The summed E-state index contributed by atoms with van der Waals surface area (Å²) in [6, 6.07) is 14.1. The summed E-state index contributed by atoms with van der Waals surface area (Å²) in [7, 11) is -2.22. The average molecular weight is 421 g/mol. The maximum atomic E-state index is 13.4. The molecule has 4 nitrogen and oxygen atoms in total. The Hall–Kier alpha value is -3.00. The molecule has 0 aliphatic carbocycles. The van der Waals surface area contributed by atoms with E-state index in [2.05, 4.69) is 0 Å². The molecule has 0 amide bonds. The van der Waals surface area contributed by atoms with Crippen molar-refractivity contribution in [3.63, 3.8) is 0 Å². The van der Waals surface area contributed by atoms with E-state index in [0.717, 1.165) is 22.7 Å². The van der Waals surface area contributed by atoms with Gasteiger partial charge in [0.25, 0.3) is 0 Å². The van der Waals surface area contributed by atoms with E-state index in [1.165, 1.54) is 25.2 Å². The number of sulfonamides is 1. The smallest absolute Gasteiger partial charge is 0.232 e. The first kappa shape index (κ1) is 20.7. The highest BCUT2D eigenvalue weighted by molar-refractivity contribution is 7.92. The first-order chi connectivity index (χ1) is 13.6. The molecule has 3 aromatic carbocycles. The summed E-state index contributed by atoms with van der Waals surface area (Å²) in [6.07, 6.45) is 1.05. The fourth-order valence-electron chi connectivity index (χ4n) is 2.68. The average Bonchev–Trinajstić information content (AvgIpc) is 2.68. The molecule has 0 aliphatic rings. The lowest BCUT2D eigenvalue weighted by atomic mass is 10.0. The van der Waals surface area contributed by atoms with Crippen molar-refractivity contribution in [1.82, 2.24) is 0 Å². The van der Waals surface area contributed by atoms with Gasteiger partial charge in [0.2, 0.25) is 10.0 Å². The van der Waals surface area contributed by atoms with Crippen LogP contribution in [-0.4, -0.2) is 21.7 Å². The van der Waals surface area contributed by atoms with Gasteiger partial charge in [0.15, 0.2) is 11.6 Å². The van der Waals surface area contributed by atoms with Gasteiger partial charge in [0.05, 0.1) is 11.9 Å². The Morgan fingerprint density at radius 2 is 1.52 bits per heavy atom. The largest absolute Gasteiger partial charge is 0.487 e. The molecule has 8 heteroatoms. The Balaban J connectivity index is 1.96. The second-order valence-corrected chi connectivity index (χ2v) is 8.47. The van der Waals surface area contributed by atoms with Crippen LogP contribution in [0.1, 0.15) is 5.56 Å². The standard InChI is InChI=1S/C21H18F3NO3S/c1-25(29(2,26)27)20-12-16(15-4-7-17(22)8-5-15)6-10-21(20)28-13-14-3-9-18(23)19(24)11-14/h3-12H,13H2,1-2H3. The number of halogens is 3. The van der Waals surface area contributed by atoms with Crippen molar-refractivity contribution >= 4 is 15.7 Å². The van der Waals surface area contributed by atoms with Crippen LogP contribution in [0, 0.1) is 17.5 Å². The molecule has 0 heterocycles. The van der Waals surface area contributed by atoms with Gasteiger partial charge in [-0.25, -0.2) is 21.6 Å². The van der Waals surface area contributed by atoms with Crippen molar-refractivity contribution in [2.24, 2.45) is 0 Å². The number of ether oxygens (including phenoxy) is 1. The number of hydrogen-bond donors (Lipinski definition) is 0. The van der Waals surface area contributed by atoms with Crippen LogP contribution in [0.2, 0.25) is 0 Å². The summed E-state index contributed by atoms with van der Waals surface area (Å²) >= 11 is 0. The molecule has 0 N–H and O–H groups in total. The third-order valence-corrected chi connectivity index (χ3v) is 5.54. The van der Waals surface area contributed by atoms with Crippen molar-refractivity contribution in [1.29, 1.82) is 0 Å². The van der Waals surface area contributed by atoms with Gasteiger partial charge in [0, 0.05) is 7.05 Å². The molecule has 152 valence electrons. The second kappa shape index (κ2) is 8.16. The second-order valence-electron chi connectivity index (χ2n) is 6.46. The zero-order chi connectivity index (χ0) is 21.2. The zero-order valence-electron chi connectivity index (χ0n) is 15.7. The minimum Gasteiger partial charge on any atom is -0.487 e. The van der Waals surface area contributed by atoms with Gasteiger partial charge in [-0.3, -0.25) is 4.31 Å². The van der Waals surface area contributed by atoms with Crippen LogP contribution in [0.3, 0.4) is 0 Å². The van der Waals surface area contributed by atoms with Gasteiger partial charge in [-0.1, -0.05) is 24.3 Å². The van der Waals surface area contributed by atoms with Gasteiger partial charge >= 0.3 is 0 Å². The van der Waals surface area contributed by atoms with E-state index in [-0.39, 0.29) is 23.9 Å². The third-order valence-electron chi connectivity index (χ3n) is 4.35. The number of anilines is 1. The number of hydrogen-bond acceptors (Lipinski definition) is 3. The number of benzene rings is 3. The third kappa shape index (κ3) is 4.89. The molecule has 0 fully saturated rings. The summed E-state index contributed by atoms with van der Waals surface area (Å²) in [5.74, 6) is -2.09. The lowest BCUT2D eigenvalue weighted by molar-refractivity contribution is 0.306. The molecule has 0 atom stereocenters. The summed E-state index contributed by atoms with van der Waals surface area (Å²) in [4.78, 5) is 0. The minimum absolute atomic E-state index is 0.0856. The van der Waals surface area contributed by atoms with Gasteiger partial charge in [-0.05, 0) is 53.1 Å². The lowest BCUT2D eigenvalue weighted by Crippen LogP contribution is -2.25. The predicted octanol–water partition coefficient (Wildman–Crippen LogP) is 4.75. The molecule has 0 unspecified atom stereocenters. The van der Waals surface area contributed by atoms with Crippen LogP contribution in [0.4, 0.5) is 18.9 Å². The van der Waals surface area contributed by atoms with Gasteiger partial charge in [-0.15, -0.1) is 0 Å². The number of rotatable bonds is 6. The molecule has 0 aromatic heterocycles. The molecular weight excluding hydrogens is 403 g/mol. The van der Waals surface area contributed by atoms with Crippen molar-refractivity contribution in [3.05, 3.63) is 83.7 Å². The highest BCUT2D eigenvalue weighted by Crippen LogP contribution is 2.34. The molecule has 3 rings (SSSR count). The molecule has 0 bridgehead atoms. The van der Waals surface area contributed by atoms with E-state index < -0.39 is 21.7 Å². The summed E-state index contributed by atoms with van der Waals surface area (Å²) in [6.45, 7) is -0.0856. The minimum atomic E-state index is -3.60. The van der Waals surface area contributed by atoms with Crippen LogP contribution >= 0.6 is 0 Å². The molecule has 0 radical (unpaired) electrons. The molecule has 0 spiro atoms. The zero-order valence-corrected chi connectivity index (χ0v) is 16.5. The Bertz CT molecular complexity index is 1130. The van der Waals surface area contributed by atoms with Crippen molar-refractivity contribution in [3.8, 4) is 16.9 Å². The van der Waals surface area contributed by atoms with Crippen molar-refractivity contribution < 1.29 is 26.3 Å². The van der Waals surface area contributed by atoms with E-state index in [1.54, 1.807) is 30.3 Å². The van der Waals surface area contributed by atoms with E-state index in [4.69, 9.17) is 4.74 Å². The topological polar surface area (TPSA) is 46.6 Å². The molecule has 3 aromatic rings. The first-order valence-electron chi connectivity index (χ1n) is 8.56. The molecule has 29 heavy (non-hydrogen) atoms. The number of nitrogens with zero attached hydrogens (tertiary/aromatic N) is 1. The van der Waals surface area contributed by atoms with Gasteiger partial charge in [0.1, 0.15) is 18.2 Å². The highest BCUT2D eigenvalue weighted by Gasteiger charge is 2.18. The molecule has 0 aliphatic heterocycles. The van der Waals surface area contributed by atoms with Crippen molar-refractivity contribution in [2.45, 2.75) is 6.61 Å². The first-order valence-corrected chi connectivity index (χ1v) is 10.4. The van der Waals surface area contributed by atoms with E-state index in [1.807, 2.05) is 0 Å². The van der Waals surface area contributed by atoms with Crippen molar-refractivity contribution in [2.75, 3.05) is 17.6 Å². The summed E-state index contributed by atoms with van der Waals surface area (Å²) in [5, 5.41) is 0. The van der Waals surface area contributed by atoms with Crippen LogP contribution in [0.5, 0.6) is 5.75 Å². The van der Waals surface area contributed by atoms with Crippen LogP contribution in [-0.2, 0) is 16.6 Å². The van der Waals surface area contributed by atoms with Crippen LogP contribution in [0.25, 0.3) is 11.1 Å². The lowest BCUT2D eigenvalue weighted by Gasteiger charge is -2.21. The Morgan fingerprint density at radius 3 is 2.14 bits per heavy atom. The fourth-order valence-corrected chi connectivity index (χ4v) is 3.18. The monoisotopic (exact) mass is 421 g/mol. The SMILES string of the molecule is CN(c1cc(-c2ccc(F)cc2)ccc1OCc1ccc(F)c(F)c1)S(C)(=O)=O. The quantitative estimate of drug-likeness (QED) is 0.577. The Labute approximate surface area is 167 Å². The van der Waals surface area contributed by atoms with Gasteiger partial charge < -0.3 is 4.74 Å². The maximum absolute atomic E-state index is 13.4. The van der Waals surface area contributed by atoms with E-state index >= 15 is 0 Å². The van der Waals surface area contributed by atoms with Crippen LogP contribution in [0.15, 0.2) is 60.7 Å². The fraction of sp³-hybridized carbons (Fsp3) is 0.143. The Kier molecular flexibility index (Phi) is 5.83. The van der Waals surface area contributed by atoms with Crippen LogP contribution < -0.4 is 9.04 Å². The maximum Gasteiger partial charge on any atom is 0.232 e. The molecular formula is C21H18F3NO3S. The predicted molar refractivity (Wildman–Crippen MR) is 106 cm³/mol. The normalized spacial score (nSPS) is 11.3. The Morgan fingerprint density at radius 1 is 0.862 bits per heavy atom.